The number of halogens is 1. The summed E-state index contributed by atoms with van der Waals surface area (Å²) in [7, 11) is 0. The highest BCUT2D eigenvalue weighted by Gasteiger charge is 1.86. The van der Waals surface area contributed by atoms with Crippen molar-refractivity contribution in [2.45, 2.75) is 6.61 Å². The lowest BCUT2D eigenvalue weighted by Crippen LogP contribution is -1.87. The third kappa shape index (κ3) is 3.78. The molecule has 0 saturated heterocycles. The normalized spacial score (nSPS) is 8.00. The van der Waals surface area contributed by atoms with Crippen LogP contribution in [0.3, 0.4) is 0 Å². The lowest BCUT2D eigenvalue weighted by Gasteiger charge is -1.97. The van der Waals surface area contributed by atoms with Gasteiger partial charge < -0.3 is 4.74 Å². The summed E-state index contributed by atoms with van der Waals surface area (Å²) in [6, 6.07) is 9.77. The van der Waals surface area contributed by atoms with E-state index in [0.717, 1.165) is 12.0 Å². The lowest BCUT2D eigenvalue weighted by atomic mass is 10.2. The quantitative estimate of drug-likeness (QED) is 0.610. The Kier molecular flexibility index (Phi) is 5.47. The fourth-order valence-corrected chi connectivity index (χ4v) is 0.712. The minimum Gasteiger partial charge on any atom is -0.479 e. The smallest absolute Gasteiger partial charge is 0.167 e. The van der Waals surface area contributed by atoms with Crippen LogP contribution in [-0.2, 0) is 11.3 Å². The maximum Gasteiger partial charge on any atom is 0.167 e. The first-order valence-electron chi connectivity index (χ1n) is 3.08. The Hall–Kier alpha value is -0.830. The molecule has 1 aromatic rings. The first kappa shape index (κ1) is 10.2. The molecule has 0 bridgehead atoms. The molecule has 0 fully saturated rings. The van der Waals surface area contributed by atoms with Crippen molar-refractivity contribution in [3.8, 4) is 0 Å². The molecule has 1 aromatic carbocycles. The summed E-state index contributed by atoms with van der Waals surface area (Å²) in [5, 5.41) is 6.60. The first-order valence-corrected chi connectivity index (χ1v) is 3.08. The topological polar surface area (TPSA) is 33.1 Å². The highest BCUT2D eigenvalue weighted by atomic mass is 79.9. The number of rotatable bonds is 3. The van der Waals surface area contributed by atoms with E-state index in [2.05, 4.69) is 0 Å². The summed E-state index contributed by atoms with van der Waals surface area (Å²) in [5.41, 5.74) is 1.09. The van der Waals surface area contributed by atoms with Gasteiger partial charge in [-0.2, -0.15) is 0 Å². The van der Waals surface area contributed by atoms with Crippen molar-refractivity contribution < 1.29 is 4.74 Å². The second-order valence-electron chi connectivity index (χ2n) is 1.91. The van der Waals surface area contributed by atoms with Gasteiger partial charge in [0, 0.05) is 0 Å². The molecule has 1 N–H and O–H groups in total. The number of ether oxygens (including phenoxy) is 1. The van der Waals surface area contributed by atoms with Gasteiger partial charge in [-0.1, -0.05) is 30.3 Å². The maximum atomic E-state index is 6.60. The Bertz CT molecular complexity index is 201. The van der Waals surface area contributed by atoms with E-state index in [1.165, 1.54) is 0 Å². The summed E-state index contributed by atoms with van der Waals surface area (Å²) in [6.45, 7) is 0.490. The number of nitrogens with one attached hydrogen (secondary N) is 1. The van der Waals surface area contributed by atoms with Crippen LogP contribution in [0.5, 0.6) is 0 Å². The van der Waals surface area contributed by atoms with Crippen LogP contribution in [0.2, 0.25) is 0 Å². The highest BCUT2D eigenvalue weighted by molar-refractivity contribution is 8.93. The molecule has 60 valence electrons. The van der Waals surface area contributed by atoms with Crippen molar-refractivity contribution in [3.05, 3.63) is 35.9 Å². The van der Waals surface area contributed by atoms with E-state index in [0.29, 0.717) is 6.61 Å². The zero-order chi connectivity index (χ0) is 7.23. The van der Waals surface area contributed by atoms with Gasteiger partial charge in [0.05, 0.1) is 0 Å². The molecule has 0 heterocycles. The average Bonchev–Trinajstić information content (AvgIpc) is 2.03. The minimum absolute atomic E-state index is 0. The van der Waals surface area contributed by atoms with Crippen molar-refractivity contribution in [1.82, 2.24) is 0 Å². The molecule has 11 heavy (non-hydrogen) atoms. The summed E-state index contributed by atoms with van der Waals surface area (Å²) in [6.07, 6.45) is 0.951. The molecule has 3 heteroatoms. The summed E-state index contributed by atoms with van der Waals surface area (Å²) >= 11 is 0. The zero-order valence-electron chi connectivity index (χ0n) is 5.99. The number of hydrogen-bond acceptors (Lipinski definition) is 2. The van der Waals surface area contributed by atoms with Gasteiger partial charge in [-0.15, -0.1) is 17.0 Å². The number of benzene rings is 1. The largest absolute Gasteiger partial charge is 0.479 e. The van der Waals surface area contributed by atoms with Gasteiger partial charge in [-0.25, -0.2) is 0 Å². The monoisotopic (exact) mass is 215 g/mol. The molecular weight excluding hydrogens is 206 g/mol. The van der Waals surface area contributed by atoms with E-state index in [1.807, 2.05) is 30.3 Å². The molecular formula is C8H10BrNO. The first-order chi connectivity index (χ1) is 4.93. The Morgan fingerprint density at radius 2 is 1.91 bits per heavy atom. The van der Waals surface area contributed by atoms with Crippen LogP contribution in [0.1, 0.15) is 5.56 Å². The third-order valence-corrected chi connectivity index (χ3v) is 1.18. The SMILES string of the molecule is Br.N=COCc1ccccc1. The van der Waals surface area contributed by atoms with Crippen molar-refractivity contribution in [3.63, 3.8) is 0 Å². The predicted octanol–water partition coefficient (Wildman–Crippen LogP) is 2.39. The van der Waals surface area contributed by atoms with Gasteiger partial charge in [-0.3, -0.25) is 5.41 Å². The van der Waals surface area contributed by atoms with Crippen molar-refractivity contribution >= 4 is 23.4 Å². The van der Waals surface area contributed by atoms with Crippen LogP contribution in [0.15, 0.2) is 30.3 Å². The van der Waals surface area contributed by atoms with Crippen LogP contribution < -0.4 is 0 Å². The molecule has 0 spiro atoms. The van der Waals surface area contributed by atoms with Gasteiger partial charge in [0.15, 0.2) is 6.40 Å². The van der Waals surface area contributed by atoms with Gasteiger partial charge in [-0.05, 0) is 5.56 Å². The van der Waals surface area contributed by atoms with E-state index in [9.17, 15) is 0 Å². The van der Waals surface area contributed by atoms with Crippen molar-refractivity contribution in [2.24, 2.45) is 0 Å². The van der Waals surface area contributed by atoms with Crippen LogP contribution in [0, 0.1) is 5.41 Å². The summed E-state index contributed by atoms with van der Waals surface area (Å²) in [4.78, 5) is 0. The van der Waals surface area contributed by atoms with E-state index >= 15 is 0 Å². The third-order valence-electron chi connectivity index (χ3n) is 1.18. The van der Waals surface area contributed by atoms with E-state index in [4.69, 9.17) is 10.1 Å². The molecule has 1 rings (SSSR count). The van der Waals surface area contributed by atoms with Gasteiger partial charge in [0.1, 0.15) is 6.61 Å². The Labute approximate surface area is 76.5 Å². The fourth-order valence-electron chi connectivity index (χ4n) is 0.712. The van der Waals surface area contributed by atoms with E-state index in [1.54, 1.807) is 0 Å². The molecule has 0 aromatic heterocycles. The molecule has 0 aliphatic heterocycles. The Morgan fingerprint density at radius 1 is 1.27 bits per heavy atom. The second kappa shape index (κ2) is 5.92. The average molecular weight is 216 g/mol. The molecule has 0 atom stereocenters. The standard InChI is InChI=1S/C8H9NO.BrH/c9-7-10-6-8-4-2-1-3-5-8;/h1-5,7,9H,6H2;1H. The summed E-state index contributed by atoms with van der Waals surface area (Å²) < 4.78 is 4.76. The minimum atomic E-state index is 0. The second-order valence-corrected chi connectivity index (χ2v) is 1.91. The highest BCUT2D eigenvalue weighted by Crippen LogP contribution is 1.98. The molecule has 0 radical (unpaired) electrons. The van der Waals surface area contributed by atoms with Gasteiger partial charge >= 0.3 is 0 Å². The predicted molar refractivity (Wildman–Crippen MR) is 50.3 cm³/mol. The van der Waals surface area contributed by atoms with E-state index < -0.39 is 0 Å². The fraction of sp³-hybridized carbons (Fsp3) is 0.125. The lowest BCUT2D eigenvalue weighted by molar-refractivity contribution is 0.305. The van der Waals surface area contributed by atoms with Crippen molar-refractivity contribution in [2.75, 3.05) is 0 Å². The Balaban J connectivity index is 0.000001000. The summed E-state index contributed by atoms with van der Waals surface area (Å²) in [5.74, 6) is 0. The van der Waals surface area contributed by atoms with Crippen LogP contribution >= 0.6 is 17.0 Å². The molecule has 0 unspecified atom stereocenters. The maximum absolute atomic E-state index is 6.60. The van der Waals surface area contributed by atoms with Crippen molar-refractivity contribution in [1.29, 1.82) is 5.41 Å². The molecule has 0 saturated carbocycles. The van der Waals surface area contributed by atoms with Gasteiger partial charge in [0.25, 0.3) is 0 Å². The van der Waals surface area contributed by atoms with Crippen LogP contribution in [-0.4, -0.2) is 6.40 Å². The molecule has 2 nitrogen and oxygen atoms in total. The molecule has 0 aliphatic rings. The number of hydrogen-bond donors (Lipinski definition) is 1. The van der Waals surface area contributed by atoms with E-state index in [-0.39, 0.29) is 17.0 Å². The zero-order valence-corrected chi connectivity index (χ0v) is 7.70. The molecule has 0 amide bonds. The van der Waals surface area contributed by atoms with Crippen LogP contribution in [0.25, 0.3) is 0 Å². The molecule has 0 aliphatic carbocycles. The van der Waals surface area contributed by atoms with Gasteiger partial charge in [0.2, 0.25) is 0 Å². The van der Waals surface area contributed by atoms with Crippen LogP contribution in [0.4, 0.5) is 0 Å². The Morgan fingerprint density at radius 3 is 2.45 bits per heavy atom.